The Morgan fingerprint density at radius 2 is 2.11 bits per heavy atom. The second-order valence-corrected chi connectivity index (χ2v) is 6.37. The molecule has 1 aromatic rings. The third kappa shape index (κ3) is 2.82. The Morgan fingerprint density at radius 3 is 2.50 bits per heavy atom. The number of nitrogens with two attached hydrogens (primary N) is 1. The largest absolute Gasteiger partial charge is 0.393 e. The summed E-state index contributed by atoms with van der Waals surface area (Å²) in [6, 6.07) is 0. The molecular weight excluding hydrogens is 256 g/mol. The average molecular weight is 276 g/mol. The third-order valence-corrected chi connectivity index (χ3v) is 4.86. The lowest BCUT2D eigenvalue weighted by Crippen LogP contribution is -2.30. The lowest BCUT2D eigenvalue weighted by Gasteiger charge is -2.17. The summed E-state index contributed by atoms with van der Waals surface area (Å²) >= 11 is 0. The fourth-order valence-corrected chi connectivity index (χ4v) is 3.05. The number of hydrogen-bond acceptors (Lipinski definition) is 5. The minimum Gasteiger partial charge on any atom is -0.393 e. The molecule has 1 atom stereocenters. The molecule has 0 saturated heterocycles. The fraction of sp³-hybridized carbons (Fsp3) is 0.700. The predicted molar refractivity (Wildman–Crippen MR) is 68.5 cm³/mol. The summed E-state index contributed by atoms with van der Waals surface area (Å²) in [7, 11) is -0.560. The number of aliphatic hydroxyl groups is 1. The molecule has 0 saturated carbocycles. The van der Waals surface area contributed by atoms with Crippen LogP contribution in [-0.4, -0.2) is 47.3 Å². The molecular formula is C10H20N4O3S. The van der Waals surface area contributed by atoms with E-state index in [9.17, 15) is 13.5 Å². The van der Waals surface area contributed by atoms with Gasteiger partial charge in [0.15, 0.2) is 5.82 Å². The van der Waals surface area contributed by atoms with Gasteiger partial charge in [-0.1, -0.05) is 0 Å². The second kappa shape index (κ2) is 5.25. The van der Waals surface area contributed by atoms with Crippen LogP contribution >= 0.6 is 0 Å². The maximum Gasteiger partial charge on any atom is 0.248 e. The van der Waals surface area contributed by atoms with E-state index in [1.807, 2.05) is 0 Å². The number of nitrogen functional groups attached to an aromatic ring is 1. The Hall–Kier alpha value is -1.12. The van der Waals surface area contributed by atoms with Gasteiger partial charge in [-0.15, -0.1) is 0 Å². The van der Waals surface area contributed by atoms with Crippen molar-refractivity contribution < 1.29 is 13.5 Å². The molecule has 1 rings (SSSR count). The number of anilines is 1. The lowest BCUT2D eigenvalue weighted by atomic mass is 10.3. The van der Waals surface area contributed by atoms with Gasteiger partial charge >= 0.3 is 0 Å². The van der Waals surface area contributed by atoms with Crippen molar-refractivity contribution in [2.75, 3.05) is 19.3 Å². The normalized spacial score (nSPS) is 14.1. The first-order chi connectivity index (χ1) is 8.17. The Kier molecular flexibility index (Phi) is 4.36. The number of aliphatic hydroxyl groups excluding tert-OH is 1. The van der Waals surface area contributed by atoms with Crippen LogP contribution in [0.2, 0.25) is 0 Å². The summed E-state index contributed by atoms with van der Waals surface area (Å²) < 4.78 is 27.2. The minimum atomic E-state index is -3.66. The quantitative estimate of drug-likeness (QED) is 0.769. The maximum absolute atomic E-state index is 12.3. The van der Waals surface area contributed by atoms with Crippen LogP contribution in [0.1, 0.15) is 19.0 Å². The standard InChI is InChI=1S/C10H20N4O3S/c1-7(15)5-6-13(3)18(16,17)9-8(2)14(4)12-10(9)11/h7,15H,5-6H2,1-4H3,(H2,11,12). The molecule has 8 heteroatoms. The van der Waals surface area contributed by atoms with Crippen molar-refractivity contribution in [1.29, 1.82) is 0 Å². The average Bonchev–Trinajstić information content (AvgIpc) is 2.49. The number of aromatic nitrogens is 2. The first kappa shape index (κ1) is 14.9. The number of sulfonamides is 1. The zero-order chi connectivity index (χ0) is 14.1. The molecule has 0 aliphatic carbocycles. The minimum absolute atomic E-state index is 0.00102. The van der Waals surface area contributed by atoms with Gasteiger partial charge < -0.3 is 10.8 Å². The highest BCUT2D eigenvalue weighted by Crippen LogP contribution is 2.24. The number of rotatable bonds is 5. The van der Waals surface area contributed by atoms with Crippen LogP contribution in [0, 0.1) is 6.92 Å². The maximum atomic E-state index is 12.3. The van der Waals surface area contributed by atoms with E-state index in [1.165, 1.54) is 16.0 Å². The smallest absolute Gasteiger partial charge is 0.248 e. The summed E-state index contributed by atoms with van der Waals surface area (Å²) in [5, 5.41) is 13.1. The SMILES string of the molecule is Cc1c(S(=O)(=O)N(C)CCC(C)O)c(N)nn1C. The fourth-order valence-electron chi connectivity index (χ4n) is 1.58. The van der Waals surface area contributed by atoms with Crippen LogP contribution in [-0.2, 0) is 17.1 Å². The molecule has 1 heterocycles. The Labute approximate surface area is 107 Å². The number of aryl methyl sites for hydroxylation is 1. The van der Waals surface area contributed by atoms with Gasteiger partial charge in [0.25, 0.3) is 0 Å². The van der Waals surface area contributed by atoms with Gasteiger partial charge in [0, 0.05) is 20.6 Å². The van der Waals surface area contributed by atoms with E-state index >= 15 is 0 Å². The highest BCUT2D eigenvalue weighted by molar-refractivity contribution is 7.89. The molecule has 0 amide bonds. The molecule has 0 radical (unpaired) electrons. The van der Waals surface area contributed by atoms with E-state index in [-0.39, 0.29) is 17.3 Å². The topological polar surface area (TPSA) is 101 Å². The van der Waals surface area contributed by atoms with E-state index < -0.39 is 16.1 Å². The van der Waals surface area contributed by atoms with E-state index in [0.717, 1.165) is 0 Å². The van der Waals surface area contributed by atoms with Crippen molar-refractivity contribution in [2.45, 2.75) is 31.3 Å². The summed E-state index contributed by atoms with van der Waals surface area (Å²) in [4.78, 5) is 0.0399. The first-order valence-corrected chi connectivity index (χ1v) is 7.05. The highest BCUT2D eigenvalue weighted by Gasteiger charge is 2.28. The van der Waals surface area contributed by atoms with Gasteiger partial charge in [-0.2, -0.15) is 5.10 Å². The third-order valence-electron chi connectivity index (χ3n) is 2.83. The van der Waals surface area contributed by atoms with E-state index in [2.05, 4.69) is 5.10 Å². The Morgan fingerprint density at radius 1 is 1.56 bits per heavy atom. The van der Waals surface area contributed by atoms with Crippen LogP contribution in [0.4, 0.5) is 5.82 Å². The van der Waals surface area contributed by atoms with Crippen LogP contribution in [0.3, 0.4) is 0 Å². The second-order valence-electron chi connectivity index (χ2n) is 4.39. The predicted octanol–water partition coefficient (Wildman–Crippen LogP) is -0.298. The Bertz CT molecular complexity index is 521. The molecule has 104 valence electrons. The molecule has 3 N–H and O–H groups in total. The van der Waals surface area contributed by atoms with Crippen molar-refractivity contribution in [3.63, 3.8) is 0 Å². The van der Waals surface area contributed by atoms with Gasteiger partial charge in [-0.25, -0.2) is 12.7 Å². The monoisotopic (exact) mass is 276 g/mol. The van der Waals surface area contributed by atoms with Gasteiger partial charge in [0.05, 0.1) is 11.8 Å². The first-order valence-electron chi connectivity index (χ1n) is 5.61. The van der Waals surface area contributed by atoms with Crippen molar-refractivity contribution in [3.8, 4) is 0 Å². The number of hydrogen-bond donors (Lipinski definition) is 2. The molecule has 7 nitrogen and oxygen atoms in total. The van der Waals surface area contributed by atoms with E-state index in [4.69, 9.17) is 5.73 Å². The molecule has 0 bridgehead atoms. The molecule has 0 aliphatic rings. The molecule has 18 heavy (non-hydrogen) atoms. The summed E-state index contributed by atoms with van der Waals surface area (Å²) in [6.07, 6.45) is -0.176. The van der Waals surface area contributed by atoms with Crippen LogP contribution in [0.15, 0.2) is 4.90 Å². The van der Waals surface area contributed by atoms with Crippen LogP contribution in [0.25, 0.3) is 0 Å². The summed E-state index contributed by atoms with van der Waals surface area (Å²) in [5.74, 6) is -0.00102. The van der Waals surface area contributed by atoms with E-state index in [0.29, 0.717) is 12.1 Å². The Balaban J connectivity index is 3.06. The molecule has 0 spiro atoms. The zero-order valence-electron chi connectivity index (χ0n) is 11.1. The van der Waals surface area contributed by atoms with Crippen molar-refractivity contribution in [2.24, 2.45) is 7.05 Å². The lowest BCUT2D eigenvalue weighted by molar-refractivity contribution is 0.177. The molecule has 0 aromatic carbocycles. The van der Waals surface area contributed by atoms with Crippen molar-refractivity contribution >= 4 is 15.8 Å². The van der Waals surface area contributed by atoms with Gasteiger partial charge in [-0.05, 0) is 20.3 Å². The molecule has 1 unspecified atom stereocenters. The van der Waals surface area contributed by atoms with Crippen molar-refractivity contribution in [3.05, 3.63) is 5.69 Å². The van der Waals surface area contributed by atoms with Crippen LogP contribution in [0.5, 0.6) is 0 Å². The number of nitrogens with zero attached hydrogens (tertiary/aromatic N) is 3. The van der Waals surface area contributed by atoms with Gasteiger partial charge in [0.2, 0.25) is 10.0 Å². The molecule has 1 aromatic heterocycles. The molecule has 0 fully saturated rings. The van der Waals surface area contributed by atoms with Gasteiger partial charge in [0.1, 0.15) is 4.90 Å². The van der Waals surface area contributed by atoms with Gasteiger partial charge in [-0.3, -0.25) is 4.68 Å². The summed E-state index contributed by atoms with van der Waals surface area (Å²) in [6.45, 7) is 3.50. The van der Waals surface area contributed by atoms with Crippen LogP contribution < -0.4 is 5.73 Å². The molecule has 0 aliphatic heterocycles. The van der Waals surface area contributed by atoms with E-state index in [1.54, 1.807) is 20.9 Å². The highest BCUT2D eigenvalue weighted by atomic mass is 32.2. The zero-order valence-corrected chi connectivity index (χ0v) is 11.9. The summed E-state index contributed by atoms with van der Waals surface area (Å²) in [5.41, 5.74) is 6.13. The van der Waals surface area contributed by atoms with Crippen molar-refractivity contribution in [1.82, 2.24) is 14.1 Å².